The van der Waals surface area contributed by atoms with Gasteiger partial charge in [0.2, 0.25) is 5.88 Å². The van der Waals surface area contributed by atoms with E-state index in [-0.39, 0.29) is 0 Å². The SMILES string of the molecule is COc1ncc(C)cc1NSN(C)C. The average Bonchev–Trinajstić information content (AvgIpc) is 2.15. The molecule has 5 heteroatoms. The minimum atomic E-state index is 0.616. The number of nitrogens with one attached hydrogen (secondary N) is 1. The summed E-state index contributed by atoms with van der Waals surface area (Å²) in [5.74, 6) is 0.616. The molecule has 0 fully saturated rings. The first-order chi connectivity index (χ1) is 6.63. The molecular formula is C9H15N3OS. The van der Waals surface area contributed by atoms with E-state index in [1.165, 1.54) is 12.1 Å². The second-order valence-electron chi connectivity index (χ2n) is 3.08. The average molecular weight is 213 g/mol. The van der Waals surface area contributed by atoms with Crippen molar-refractivity contribution in [3.63, 3.8) is 0 Å². The lowest BCUT2D eigenvalue weighted by molar-refractivity contribution is 0.400. The zero-order valence-electron chi connectivity index (χ0n) is 8.87. The predicted molar refractivity (Wildman–Crippen MR) is 60.4 cm³/mol. The summed E-state index contributed by atoms with van der Waals surface area (Å²) in [4.78, 5) is 4.16. The molecule has 0 aromatic carbocycles. The molecule has 1 heterocycles. The van der Waals surface area contributed by atoms with Crippen molar-refractivity contribution in [2.75, 3.05) is 25.9 Å². The van der Waals surface area contributed by atoms with Crippen LogP contribution in [-0.2, 0) is 0 Å². The van der Waals surface area contributed by atoms with E-state index in [9.17, 15) is 0 Å². The van der Waals surface area contributed by atoms with E-state index in [0.717, 1.165) is 11.3 Å². The van der Waals surface area contributed by atoms with Gasteiger partial charge < -0.3 is 9.46 Å². The van der Waals surface area contributed by atoms with Gasteiger partial charge >= 0.3 is 0 Å². The first-order valence-corrected chi connectivity index (χ1v) is 5.01. The summed E-state index contributed by atoms with van der Waals surface area (Å²) >= 11 is 1.49. The summed E-state index contributed by atoms with van der Waals surface area (Å²) in [6.07, 6.45) is 1.78. The number of aromatic nitrogens is 1. The third-order valence-corrected chi connectivity index (χ3v) is 2.20. The highest BCUT2D eigenvalue weighted by Crippen LogP contribution is 2.24. The van der Waals surface area contributed by atoms with Gasteiger partial charge in [-0.1, -0.05) is 0 Å². The Balaban J connectivity index is 2.77. The maximum atomic E-state index is 5.13. The monoisotopic (exact) mass is 213 g/mol. The Hall–Kier alpha value is -0.940. The second-order valence-corrected chi connectivity index (χ2v) is 4.19. The van der Waals surface area contributed by atoms with Crippen molar-refractivity contribution < 1.29 is 4.74 Å². The molecule has 0 amide bonds. The van der Waals surface area contributed by atoms with Gasteiger partial charge in [0.05, 0.1) is 7.11 Å². The lowest BCUT2D eigenvalue weighted by Gasteiger charge is -2.12. The Labute approximate surface area is 88.9 Å². The van der Waals surface area contributed by atoms with E-state index in [1.807, 2.05) is 31.4 Å². The number of ether oxygens (including phenoxy) is 1. The summed E-state index contributed by atoms with van der Waals surface area (Å²) in [5, 5.41) is 0. The van der Waals surface area contributed by atoms with Crippen molar-refractivity contribution in [3.8, 4) is 5.88 Å². The number of hydrogen-bond donors (Lipinski definition) is 1. The molecule has 0 aliphatic rings. The molecule has 0 radical (unpaired) electrons. The molecule has 14 heavy (non-hydrogen) atoms. The smallest absolute Gasteiger partial charge is 0.237 e. The largest absolute Gasteiger partial charge is 0.480 e. The van der Waals surface area contributed by atoms with Crippen LogP contribution in [-0.4, -0.2) is 30.5 Å². The molecule has 4 nitrogen and oxygen atoms in total. The number of rotatable bonds is 4. The Morgan fingerprint density at radius 1 is 1.50 bits per heavy atom. The fourth-order valence-electron chi connectivity index (χ4n) is 0.933. The summed E-state index contributed by atoms with van der Waals surface area (Å²) in [5.41, 5.74) is 2.00. The molecule has 0 unspecified atom stereocenters. The summed E-state index contributed by atoms with van der Waals surface area (Å²) in [6.45, 7) is 2.00. The van der Waals surface area contributed by atoms with Gasteiger partial charge in [0.1, 0.15) is 5.69 Å². The van der Waals surface area contributed by atoms with Crippen LogP contribution in [0.15, 0.2) is 12.3 Å². The molecule has 0 aliphatic heterocycles. The highest BCUT2D eigenvalue weighted by Gasteiger charge is 2.04. The quantitative estimate of drug-likeness (QED) is 0.774. The van der Waals surface area contributed by atoms with Gasteiger partial charge in [-0.15, -0.1) is 0 Å². The first kappa shape index (κ1) is 11.1. The number of hydrogen-bond acceptors (Lipinski definition) is 5. The van der Waals surface area contributed by atoms with Gasteiger partial charge in [-0.25, -0.2) is 9.29 Å². The van der Waals surface area contributed by atoms with E-state index in [2.05, 4.69) is 9.71 Å². The van der Waals surface area contributed by atoms with Crippen molar-refractivity contribution >= 4 is 17.8 Å². The number of aryl methyl sites for hydroxylation is 1. The molecule has 0 spiro atoms. The molecule has 1 N–H and O–H groups in total. The molecule has 0 saturated carbocycles. The van der Waals surface area contributed by atoms with Crippen molar-refractivity contribution in [3.05, 3.63) is 17.8 Å². The van der Waals surface area contributed by atoms with Crippen LogP contribution in [0.25, 0.3) is 0 Å². The molecule has 1 rings (SSSR count). The normalized spacial score (nSPS) is 10.4. The Morgan fingerprint density at radius 2 is 2.21 bits per heavy atom. The molecule has 0 bridgehead atoms. The van der Waals surface area contributed by atoms with E-state index in [0.29, 0.717) is 5.88 Å². The summed E-state index contributed by atoms with van der Waals surface area (Å²) in [7, 11) is 5.55. The Kier molecular flexibility index (Phi) is 4.03. The van der Waals surface area contributed by atoms with Gasteiger partial charge in [-0.3, -0.25) is 0 Å². The molecule has 1 aromatic rings. The first-order valence-electron chi connectivity index (χ1n) is 4.24. The van der Waals surface area contributed by atoms with Crippen LogP contribution < -0.4 is 9.46 Å². The van der Waals surface area contributed by atoms with Crippen LogP contribution in [0.4, 0.5) is 5.69 Å². The van der Waals surface area contributed by atoms with Crippen molar-refractivity contribution in [1.82, 2.24) is 9.29 Å². The van der Waals surface area contributed by atoms with Crippen LogP contribution in [0, 0.1) is 6.92 Å². The standard InChI is InChI=1S/C9H15N3OS/c1-7-5-8(11-14-12(2)3)9(13-4)10-6-7/h5-6,11H,1-4H3. The Bertz CT molecular complexity index is 304. The minimum Gasteiger partial charge on any atom is -0.480 e. The van der Waals surface area contributed by atoms with Gasteiger partial charge in [-0.2, -0.15) is 0 Å². The number of nitrogens with zero attached hydrogens (tertiary/aromatic N) is 2. The summed E-state index contributed by atoms with van der Waals surface area (Å²) in [6, 6.07) is 2.00. The molecule has 78 valence electrons. The van der Waals surface area contributed by atoms with E-state index in [4.69, 9.17) is 4.74 Å². The second kappa shape index (κ2) is 5.07. The highest BCUT2D eigenvalue weighted by molar-refractivity contribution is 7.98. The van der Waals surface area contributed by atoms with Crippen LogP contribution in [0.2, 0.25) is 0 Å². The van der Waals surface area contributed by atoms with Crippen molar-refractivity contribution in [2.24, 2.45) is 0 Å². The maximum absolute atomic E-state index is 5.13. The number of pyridine rings is 1. The minimum absolute atomic E-state index is 0.616. The molecule has 0 aliphatic carbocycles. The fraction of sp³-hybridized carbons (Fsp3) is 0.444. The molecule has 1 aromatic heterocycles. The van der Waals surface area contributed by atoms with Gasteiger partial charge in [0.15, 0.2) is 0 Å². The third-order valence-electron chi connectivity index (χ3n) is 1.52. The number of methoxy groups -OCH3 is 1. The van der Waals surface area contributed by atoms with Crippen molar-refractivity contribution in [1.29, 1.82) is 0 Å². The predicted octanol–water partition coefficient (Wildman–Crippen LogP) is 1.94. The zero-order valence-corrected chi connectivity index (χ0v) is 9.68. The van der Waals surface area contributed by atoms with Crippen molar-refractivity contribution in [2.45, 2.75) is 6.92 Å². The lowest BCUT2D eigenvalue weighted by atomic mass is 10.3. The van der Waals surface area contributed by atoms with Gasteiger partial charge in [0, 0.05) is 18.3 Å². The maximum Gasteiger partial charge on any atom is 0.237 e. The molecule has 0 atom stereocenters. The van der Waals surface area contributed by atoms with E-state index >= 15 is 0 Å². The molecule has 0 saturated heterocycles. The fourth-order valence-corrected chi connectivity index (χ4v) is 1.36. The van der Waals surface area contributed by atoms with Crippen LogP contribution in [0.3, 0.4) is 0 Å². The molecular weight excluding hydrogens is 198 g/mol. The topological polar surface area (TPSA) is 37.4 Å². The summed E-state index contributed by atoms with van der Waals surface area (Å²) < 4.78 is 10.2. The van der Waals surface area contributed by atoms with Crippen LogP contribution in [0.1, 0.15) is 5.56 Å². The number of anilines is 1. The van der Waals surface area contributed by atoms with E-state index < -0.39 is 0 Å². The zero-order chi connectivity index (χ0) is 10.6. The third kappa shape index (κ3) is 3.08. The van der Waals surface area contributed by atoms with Gasteiger partial charge in [-0.05, 0) is 32.6 Å². The highest BCUT2D eigenvalue weighted by atomic mass is 32.2. The lowest BCUT2D eigenvalue weighted by Crippen LogP contribution is -2.05. The Morgan fingerprint density at radius 3 is 2.79 bits per heavy atom. The van der Waals surface area contributed by atoms with Crippen LogP contribution in [0.5, 0.6) is 5.88 Å². The van der Waals surface area contributed by atoms with Crippen LogP contribution >= 0.6 is 12.1 Å². The van der Waals surface area contributed by atoms with E-state index in [1.54, 1.807) is 13.3 Å². The van der Waals surface area contributed by atoms with Gasteiger partial charge in [0.25, 0.3) is 0 Å².